The third kappa shape index (κ3) is 5.09. The largest absolute Gasteiger partial charge is 0.455 e. The molecule has 11 aromatic rings. The third-order valence-electron chi connectivity index (χ3n) is 11.0. The first-order chi connectivity index (χ1) is 29.0. The van der Waals surface area contributed by atoms with E-state index in [1.165, 1.54) is 0 Å². The van der Waals surface area contributed by atoms with E-state index in [0.29, 0.717) is 10.8 Å². The van der Waals surface area contributed by atoms with Gasteiger partial charge in [-0.3, -0.25) is 0 Å². The Labute approximate surface area is 325 Å². The molecule has 0 spiro atoms. The van der Waals surface area contributed by atoms with Gasteiger partial charge in [0, 0.05) is 16.3 Å². The number of fused-ring (bicyclic) bond motifs is 6. The summed E-state index contributed by atoms with van der Waals surface area (Å²) in [5.74, 6) is 0. The van der Waals surface area contributed by atoms with Crippen LogP contribution in [0.25, 0.3) is 110 Å². The second-order valence-corrected chi connectivity index (χ2v) is 14.1. The van der Waals surface area contributed by atoms with Crippen molar-refractivity contribution in [1.29, 1.82) is 0 Å². The van der Waals surface area contributed by atoms with Crippen LogP contribution in [0.2, 0.25) is 0 Å². The van der Waals surface area contributed by atoms with Crippen molar-refractivity contribution in [3.63, 3.8) is 0 Å². The minimum absolute atomic E-state index is 0.0742. The third-order valence-corrected chi connectivity index (χ3v) is 11.0. The maximum absolute atomic E-state index is 9.77. The lowest BCUT2D eigenvalue weighted by molar-refractivity contribution is 0.670. The molecule has 0 aliphatic heterocycles. The fourth-order valence-electron chi connectivity index (χ4n) is 8.49. The van der Waals surface area contributed by atoms with Crippen LogP contribution in [0.15, 0.2) is 211 Å². The van der Waals surface area contributed by atoms with E-state index in [4.69, 9.17) is 7.16 Å². The molecule has 256 valence electrons. The van der Waals surface area contributed by atoms with Crippen LogP contribution in [0.5, 0.6) is 0 Å². The highest BCUT2D eigenvalue weighted by molar-refractivity contribution is 6.27. The van der Waals surface area contributed by atoms with Gasteiger partial charge in [0.05, 0.1) is 5.48 Å². The van der Waals surface area contributed by atoms with Crippen LogP contribution in [0.3, 0.4) is 0 Å². The molecular formula is C54H34O. The summed E-state index contributed by atoms with van der Waals surface area (Å²) in [5.41, 5.74) is 10.8. The molecule has 0 unspecified atom stereocenters. The van der Waals surface area contributed by atoms with Crippen LogP contribution in [-0.4, -0.2) is 0 Å². The van der Waals surface area contributed by atoms with Gasteiger partial charge in [0.15, 0.2) is 0 Å². The number of hydrogen-bond acceptors (Lipinski definition) is 1. The molecule has 0 amide bonds. The standard InChI is InChI=1S/C54H34O/c1-4-17-36(18-5-1)41-30-31-45(53-44-26-14-15-27-50(44)55-54(41)53)52-43-25-13-12-24-42(43)51(40-29-28-35-16-10-11-23-39(35)32-40)48-33-46(37-19-6-2-7-20-37)47(34-49(48)52)38-21-8-3-9-22-38/h1-34H/i12D,13D,24D,25D. The molecule has 0 atom stereocenters. The Morgan fingerprint density at radius 3 is 1.55 bits per heavy atom. The first-order valence-corrected chi connectivity index (χ1v) is 18.6. The van der Waals surface area contributed by atoms with Gasteiger partial charge >= 0.3 is 0 Å². The Hall–Kier alpha value is -7.22. The van der Waals surface area contributed by atoms with Crippen LogP contribution >= 0.6 is 0 Å². The second-order valence-electron chi connectivity index (χ2n) is 14.1. The molecule has 1 heteroatoms. The molecule has 0 saturated heterocycles. The van der Waals surface area contributed by atoms with Crippen LogP contribution in [0.4, 0.5) is 0 Å². The van der Waals surface area contributed by atoms with Crippen molar-refractivity contribution in [2.75, 3.05) is 0 Å². The van der Waals surface area contributed by atoms with Crippen molar-refractivity contribution < 1.29 is 9.90 Å². The fourth-order valence-corrected chi connectivity index (χ4v) is 8.49. The quantitative estimate of drug-likeness (QED) is 0.163. The summed E-state index contributed by atoms with van der Waals surface area (Å²) >= 11 is 0. The van der Waals surface area contributed by atoms with E-state index in [9.17, 15) is 2.74 Å². The van der Waals surface area contributed by atoms with Gasteiger partial charge in [0.1, 0.15) is 11.2 Å². The summed E-state index contributed by atoms with van der Waals surface area (Å²) in [6.07, 6.45) is 0. The highest BCUT2D eigenvalue weighted by atomic mass is 16.3. The molecule has 10 aromatic carbocycles. The summed E-state index contributed by atoms with van der Waals surface area (Å²) in [6.45, 7) is 0. The van der Waals surface area contributed by atoms with E-state index in [-0.39, 0.29) is 24.2 Å². The summed E-state index contributed by atoms with van der Waals surface area (Å²) < 4.78 is 44.5. The molecule has 0 aliphatic rings. The van der Waals surface area contributed by atoms with Crippen molar-refractivity contribution >= 4 is 54.3 Å². The molecule has 0 fully saturated rings. The van der Waals surface area contributed by atoms with Crippen LogP contribution < -0.4 is 0 Å². The Morgan fingerprint density at radius 1 is 0.345 bits per heavy atom. The summed E-state index contributed by atoms with van der Waals surface area (Å²) in [7, 11) is 0. The number of rotatable bonds is 5. The molecule has 1 nitrogen and oxygen atoms in total. The molecule has 11 rings (SSSR count). The van der Waals surface area contributed by atoms with Crippen molar-refractivity contribution in [2.45, 2.75) is 0 Å². The minimum atomic E-state index is -0.272. The monoisotopic (exact) mass is 702 g/mol. The number of benzene rings is 10. The lowest BCUT2D eigenvalue weighted by Gasteiger charge is -2.22. The number of para-hydroxylation sites is 1. The van der Waals surface area contributed by atoms with Crippen molar-refractivity contribution in [3.8, 4) is 55.6 Å². The van der Waals surface area contributed by atoms with E-state index in [2.05, 4.69) is 121 Å². The van der Waals surface area contributed by atoms with Gasteiger partial charge in [-0.1, -0.05) is 176 Å². The SMILES string of the molecule is [2H]c1c([2H])c([2H])c2c(-c3ccc(-c4ccccc4)c4oc5ccccc5c34)c3cc(-c4ccccc4)c(-c4ccccc4)cc3c(-c3ccc4ccccc4c3)c2c1[2H]. The van der Waals surface area contributed by atoms with Gasteiger partial charge < -0.3 is 4.42 Å². The highest BCUT2D eigenvalue weighted by Gasteiger charge is 2.24. The fraction of sp³-hybridized carbons (Fsp3) is 0. The number of hydrogen-bond donors (Lipinski definition) is 0. The number of furan rings is 1. The maximum atomic E-state index is 9.77. The predicted molar refractivity (Wildman–Crippen MR) is 233 cm³/mol. The Balaban J connectivity index is 1.40. The average Bonchev–Trinajstić information content (AvgIpc) is 3.69. The summed E-state index contributed by atoms with van der Waals surface area (Å²) in [6, 6.07) is 61.6. The van der Waals surface area contributed by atoms with Gasteiger partial charge in [-0.15, -0.1) is 0 Å². The zero-order valence-corrected chi connectivity index (χ0v) is 29.7. The van der Waals surface area contributed by atoms with E-state index >= 15 is 0 Å². The summed E-state index contributed by atoms with van der Waals surface area (Å²) in [4.78, 5) is 0. The zero-order chi connectivity index (χ0) is 39.8. The van der Waals surface area contributed by atoms with Gasteiger partial charge in [-0.05, 0) is 113 Å². The smallest absolute Gasteiger partial charge is 0.143 e. The van der Waals surface area contributed by atoms with Gasteiger partial charge in [-0.25, -0.2) is 0 Å². The minimum Gasteiger partial charge on any atom is -0.455 e. The van der Waals surface area contributed by atoms with Gasteiger partial charge in [0.25, 0.3) is 0 Å². The predicted octanol–water partition coefficient (Wildman–Crippen LogP) is 15.4. The molecule has 0 bridgehead atoms. The van der Waals surface area contributed by atoms with E-state index < -0.39 is 0 Å². The molecule has 0 aliphatic carbocycles. The molecule has 1 heterocycles. The normalized spacial score (nSPS) is 12.7. The molecular weight excluding hydrogens is 665 g/mol. The highest BCUT2D eigenvalue weighted by Crippen LogP contribution is 2.51. The van der Waals surface area contributed by atoms with E-state index in [0.717, 1.165) is 99.1 Å². The lowest BCUT2D eigenvalue weighted by atomic mass is 9.81. The van der Waals surface area contributed by atoms with Crippen LogP contribution in [0, 0.1) is 0 Å². The topological polar surface area (TPSA) is 13.1 Å². The van der Waals surface area contributed by atoms with E-state index in [1.54, 1.807) is 0 Å². The molecule has 0 radical (unpaired) electrons. The maximum Gasteiger partial charge on any atom is 0.143 e. The van der Waals surface area contributed by atoms with Crippen LogP contribution in [-0.2, 0) is 0 Å². The van der Waals surface area contributed by atoms with Crippen LogP contribution in [0.1, 0.15) is 5.48 Å². The lowest BCUT2D eigenvalue weighted by Crippen LogP contribution is -1.95. The van der Waals surface area contributed by atoms with Crippen molar-refractivity contribution in [2.24, 2.45) is 0 Å². The second kappa shape index (κ2) is 12.7. The Morgan fingerprint density at radius 2 is 0.873 bits per heavy atom. The zero-order valence-electron chi connectivity index (χ0n) is 33.7. The summed E-state index contributed by atoms with van der Waals surface area (Å²) in [5, 5.41) is 6.67. The molecule has 0 saturated carbocycles. The Kier molecular flexibility index (Phi) is 6.34. The van der Waals surface area contributed by atoms with Gasteiger partial charge in [0.2, 0.25) is 0 Å². The average molecular weight is 703 g/mol. The Bertz CT molecular complexity index is 3460. The molecule has 0 N–H and O–H groups in total. The van der Waals surface area contributed by atoms with Crippen molar-refractivity contribution in [1.82, 2.24) is 0 Å². The molecule has 1 aromatic heterocycles. The van der Waals surface area contributed by atoms with E-state index in [1.807, 2.05) is 60.7 Å². The van der Waals surface area contributed by atoms with Gasteiger partial charge in [-0.2, -0.15) is 0 Å². The molecule has 55 heavy (non-hydrogen) atoms. The first kappa shape index (κ1) is 27.4. The first-order valence-electron chi connectivity index (χ1n) is 20.6. The van der Waals surface area contributed by atoms with Crippen molar-refractivity contribution in [3.05, 3.63) is 206 Å².